The highest BCUT2D eigenvalue weighted by atomic mass is 32.2. The Balaban J connectivity index is 2.09. The third-order valence-corrected chi connectivity index (χ3v) is 3.90. The predicted octanol–water partition coefficient (Wildman–Crippen LogP) is 1.79. The summed E-state index contributed by atoms with van der Waals surface area (Å²) >= 11 is 0. The Morgan fingerprint density at radius 2 is 1.94 bits per heavy atom. The van der Waals surface area contributed by atoms with E-state index in [1.807, 2.05) is 6.92 Å². The summed E-state index contributed by atoms with van der Waals surface area (Å²) in [5, 5.41) is 3.81. The molecule has 1 aromatic rings. The summed E-state index contributed by atoms with van der Waals surface area (Å²) in [7, 11) is -3.59. The summed E-state index contributed by atoms with van der Waals surface area (Å²) in [6.45, 7) is 2.50. The zero-order valence-corrected chi connectivity index (χ0v) is 11.0. The van der Waals surface area contributed by atoms with E-state index >= 15 is 0 Å². The van der Waals surface area contributed by atoms with Crippen molar-refractivity contribution < 1.29 is 13.2 Å². The molecule has 1 saturated heterocycles. The van der Waals surface area contributed by atoms with Crippen LogP contribution in [0.5, 0.6) is 0 Å². The largest absolute Gasteiger partial charge is 0.480 e. The van der Waals surface area contributed by atoms with E-state index in [4.69, 9.17) is 4.74 Å². The van der Waals surface area contributed by atoms with Gasteiger partial charge in [-0.25, -0.2) is 0 Å². The van der Waals surface area contributed by atoms with Crippen molar-refractivity contribution in [3.63, 3.8) is 0 Å². The molecule has 1 aromatic carbocycles. The van der Waals surface area contributed by atoms with E-state index in [-0.39, 0.29) is 4.90 Å². The molecule has 0 spiro atoms. The highest BCUT2D eigenvalue weighted by Crippen LogP contribution is 2.11. The smallest absolute Gasteiger partial charge is 0.276 e. The third-order valence-electron chi connectivity index (χ3n) is 2.68. The molecule has 1 aliphatic heterocycles. The quantitative estimate of drug-likeness (QED) is 0.850. The van der Waals surface area contributed by atoms with Gasteiger partial charge in [-0.1, -0.05) is 17.7 Å². The van der Waals surface area contributed by atoms with Crippen LogP contribution < -0.4 is 4.83 Å². The lowest BCUT2D eigenvalue weighted by Gasteiger charge is -2.14. The van der Waals surface area contributed by atoms with Gasteiger partial charge in [0.25, 0.3) is 10.0 Å². The third kappa shape index (κ3) is 3.22. The maximum Gasteiger partial charge on any atom is 0.276 e. The molecule has 0 amide bonds. The number of sulfonamides is 1. The molecule has 2 rings (SSSR count). The van der Waals surface area contributed by atoms with Crippen molar-refractivity contribution in [2.24, 2.45) is 5.10 Å². The van der Waals surface area contributed by atoms with Crippen LogP contribution in [0.3, 0.4) is 0 Å². The summed E-state index contributed by atoms with van der Waals surface area (Å²) in [4.78, 5) is 2.40. The Bertz CT molecular complexity index is 527. The second kappa shape index (κ2) is 5.39. The molecule has 0 atom stereocenters. The monoisotopic (exact) mass is 268 g/mol. The standard InChI is InChI=1S/C12H16N2O3S/c1-10-5-7-11(8-6-10)18(15,16)14-13-12-4-2-3-9-17-12/h5-8,14H,2-4,9H2,1H3. The van der Waals surface area contributed by atoms with E-state index in [9.17, 15) is 8.42 Å². The average Bonchev–Trinajstić information content (AvgIpc) is 2.38. The van der Waals surface area contributed by atoms with Crippen molar-refractivity contribution in [1.29, 1.82) is 0 Å². The predicted molar refractivity (Wildman–Crippen MR) is 68.7 cm³/mol. The number of ether oxygens (including phenoxy) is 1. The highest BCUT2D eigenvalue weighted by Gasteiger charge is 2.14. The maximum atomic E-state index is 11.9. The number of hydrogen-bond donors (Lipinski definition) is 1. The van der Waals surface area contributed by atoms with E-state index in [0.717, 1.165) is 18.4 Å². The van der Waals surface area contributed by atoms with Crippen molar-refractivity contribution in [2.45, 2.75) is 31.1 Å². The lowest BCUT2D eigenvalue weighted by Crippen LogP contribution is -2.22. The molecule has 0 unspecified atom stereocenters. The molecule has 0 bridgehead atoms. The minimum absolute atomic E-state index is 0.202. The van der Waals surface area contributed by atoms with Crippen molar-refractivity contribution in [3.8, 4) is 0 Å². The van der Waals surface area contributed by atoms with Gasteiger partial charge in [0.2, 0.25) is 5.90 Å². The van der Waals surface area contributed by atoms with Crippen LogP contribution in [0, 0.1) is 6.92 Å². The van der Waals surface area contributed by atoms with Gasteiger partial charge in [-0.05, 0) is 31.9 Å². The Morgan fingerprint density at radius 3 is 2.56 bits per heavy atom. The molecule has 1 N–H and O–H groups in total. The van der Waals surface area contributed by atoms with Crippen LogP contribution in [0.4, 0.5) is 0 Å². The molecule has 6 heteroatoms. The number of benzene rings is 1. The Kier molecular flexibility index (Phi) is 3.86. The minimum Gasteiger partial charge on any atom is -0.480 e. The fourth-order valence-corrected chi connectivity index (χ4v) is 2.43. The Morgan fingerprint density at radius 1 is 1.22 bits per heavy atom. The fraction of sp³-hybridized carbons (Fsp3) is 0.417. The first-order chi connectivity index (χ1) is 8.58. The van der Waals surface area contributed by atoms with Crippen LogP contribution in [-0.2, 0) is 14.8 Å². The lowest BCUT2D eigenvalue weighted by molar-refractivity contribution is 0.258. The van der Waals surface area contributed by atoms with E-state index < -0.39 is 10.0 Å². The number of nitrogens with zero attached hydrogens (tertiary/aromatic N) is 1. The van der Waals surface area contributed by atoms with Gasteiger partial charge in [-0.3, -0.25) is 0 Å². The SMILES string of the molecule is Cc1ccc(S(=O)(=O)NN=C2CCCCO2)cc1. The normalized spacial score (nSPS) is 18.4. The van der Waals surface area contributed by atoms with Crippen molar-refractivity contribution in [1.82, 2.24) is 4.83 Å². The maximum absolute atomic E-state index is 11.9. The Labute approximate surface area is 107 Å². The zero-order chi connectivity index (χ0) is 13.0. The van der Waals surface area contributed by atoms with Gasteiger partial charge in [0.1, 0.15) is 0 Å². The summed E-state index contributed by atoms with van der Waals surface area (Å²) in [5.41, 5.74) is 1.01. The number of rotatable bonds is 3. The first kappa shape index (κ1) is 12.9. The van der Waals surface area contributed by atoms with Crippen LogP contribution >= 0.6 is 0 Å². The molecule has 0 saturated carbocycles. The van der Waals surface area contributed by atoms with Crippen LogP contribution in [0.1, 0.15) is 24.8 Å². The van der Waals surface area contributed by atoms with E-state index in [1.54, 1.807) is 24.3 Å². The average molecular weight is 268 g/mol. The first-order valence-corrected chi connectivity index (χ1v) is 7.34. The van der Waals surface area contributed by atoms with E-state index in [1.165, 1.54) is 0 Å². The molecule has 0 radical (unpaired) electrons. The molecule has 0 aromatic heterocycles. The van der Waals surface area contributed by atoms with Gasteiger partial charge in [0, 0.05) is 6.42 Å². The van der Waals surface area contributed by atoms with Gasteiger partial charge in [-0.15, -0.1) is 5.10 Å². The summed E-state index contributed by atoms with van der Waals surface area (Å²) in [6, 6.07) is 6.61. The molecule has 98 valence electrons. The molecule has 1 heterocycles. The molecule has 0 aliphatic carbocycles. The molecule has 1 fully saturated rings. The number of hydrazone groups is 1. The second-order valence-corrected chi connectivity index (χ2v) is 5.88. The number of nitrogens with one attached hydrogen (secondary N) is 1. The summed E-state index contributed by atoms with van der Waals surface area (Å²) in [5.74, 6) is 0.455. The van der Waals surface area contributed by atoms with E-state index in [2.05, 4.69) is 9.93 Å². The zero-order valence-electron chi connectivity index (χ0n) is 10.2. The van der Waals surface area contributed by atoms with Crippen molar-refractivity contribution in [3.05, 3.63) is 29.8 Å². The van der Waals surface area contributed by atoms with Gasteiger partial charge < -0.3 is 4.74 Å². The van der Waals surface area contributed by atoms with Gasteiger partial charge in [-0.2, -0.15) is 13.2 Å². The van der Waals surface area contributed by atoms with Crippen LogP contribution in [0.25, 0.3) is 0 Å². The van der Waals surface area contributed by atoms with Gasteiger partial charge in [0.15, 0.2) is 0 Å². The fourth-order valence-electron chi connectivity index (χ4n) is 1.61. The van der Waals surface area contributed by atoms with Gasteiger partial charge in [0.05, 0.1) is 11.5 Å². The molecule has 5 nitrogen and oxygen atoms in total. The van der Waals surface area contributed by atoms with Crippen molar-refractivity contribution >= 4 is 15.9 Å². The molecular weight excluding hydrogens is 252 g/mol. The first-order valence-electron chi connectivity index (χ1n) is 5.86. The lowest BCUT2D eigenvalue weighted by atomic mass is 10.2. The summed E-state index contributed by atoms with van der Waals surface area (Å²) in [6.07, 6.45) is 2.64. The molecule has 18 heavy (non-hydrogen) atoms. The van der Waals surface area contributed by atoms with Crippen LogP contribution in [0.2, 0.25) is 0 Å². The summed E-state index contributed by atoms with van der Waals surface area (Å²) < 4.78 is 29.1. The Hall–Kier alpha value is -1.56. The minimum atomic E-state index is -3.59. The second-order valence-electron chi connectivity index (χ2n) is 4.22. The number of hydrogen-bond acceptors (Lipinski definition) is 4. The molecular formula is C12H16N2O3S. The van der Waals surface area contributed by atoms with Crippen LogP contribution in [0.15, 0.2) is 34.3 Å². The van der Waals surface area contributed by atoms with E-state index in [0.29, 0.717) is 18.9 Å². The topological polar surface area (TPSA) is 67.8 Å². The molecule has 1 aliphatic rings. The van der Waals surface area contributed by atoms with Crippen LogP contribution in [-0.4, -0.2) is 20.9 Å². The highest BCUT2D eigenvalue weighted by molar-refractivity contribution is 7.89. The van der Waals surface area contributed by atoms with Gasteiger partial charge >= 0.3 is 0 Å². The van der Waals surface area contributed by atoms with Crippen molar-refractivity contribution in [2.75, 3.05) is 6.61 Å². The number of aryl methyl sites for hydroxylation is 1.